The highest BCUT2D eigenvalue weighted by Crippen LogP contribution is 2.23. The van der Waals surface area contributed by atoms with Crippen molar-refractivity contribution in [2.24, 2.45) is 5.73 Å². The molecule has 9 heteroatoms. The first kappa shape index (κ1) is 23.3. The quantitative estimate of drug-likeness (QED) is 0.768. The van der Waals surface area contributed by atoms with Crippen molar-refractivity contribution in [2.45, 2.75) is 19.0 Å². The number of rotatable bonds is 6. The van der Waals surface area contributed by atoms with Gasteiger partial charge in [0.25, 0.3) is 0 Å². The van der Waals surface area contributed by atoms with Crippen molar-refractivity contribution in [3.05, 3.63) is 21.3 Å². The van der Waals surface area contributed by atoms with Crippen LogP contribution in [0.25, 0.3) is 0 Å². The van der Waals surface area contributed by atoms with E-state index in [2.05, 4.69) is 11.0 Å². The van der Waals surface area contributed by atoms with Gasteiger partial charge in [0, 0.05) is 37.6 Å². The number of nitrogens with zero attached hydrogens (tertiary/aromatic N) is 2. The number of thioether (sulfide) groups is 1. The number of amides is 1. The number of thiophene rings is 1. The van der Waals surface area contributed by atoms with E-state index in [1.54, 1.807) is 23.1 Å². The lowest BCUT2D eigenvalue weighted by molar-refractivity contribution is -0.134. The highest BCUT2D eigenvalue weighted by atomic mass is 35.5. The van der Waals surface area contributed by atoms with Crippen LogP contribution in [0.2, 0.25) is 4.34 Å². The lowest BCUT2D eigenvalue weighted by Gasteiger charge is -2.35. The van der Waals surface area contributed by atoms with Crippen molar-refractivity contribution in [3.63, 3.8) is 0 Å². The number of nitrogens with two attached hydrogens (primary N) is 1. The predicted molar refractivity (Wildman–Crippen MR) is 107 cm³/mol. The second kappa shape index (κ2) is 11.8. The highest BCUT2D eigenvalue weighted by molar-refractivity contribution is 7.98. The van der Waals surface area contributed by atoms with E-state index in [9.17, 15) is 4.79 Å². The molecule has 1 saturated heterocycles. The third kappa shape index (κ3) is 7.38. The minimum atomic E-state index is -0.347. The van der Waals surface area contributed by atoms with E-state index in [1.165, 1.54) is 4.88 Å². The molecule has 0 aromatic carbocycles. The summed E-state index contributed by atoms with van der Waals surface area (Å²) in [7, 11) is 0. The van der Waals surface area contributed by atoms with Crippen LogP contribution in [0.4, 0.5) is 0 Å². The molecule has 1 amide bonds. The molecule has 0 spiro atoms. The van der Waals surface area contributed by atoms with E-state index < -0.39 is 0 Å². The monoisotopic (exact) mass is 419 g/mol. The van der Waals surface area contributed by atoms with Crippen molar-refractivity contribution in [1.29, 1.82) is 0 Å². The van der Waals surface area contributed by atoms with Gasteiger partial charge in [-0.15, -0.1) is 36.2 Å². The Kier molecular flexibility index (Phi) is 12.0. The fraction of sp³-hybridized carbons (Fsp3) is 0.643. The Balaban J connectivity index is 0.00000242. The molecule has 1 fully saturated rings. The lowest BCUT2D eigenvalue weighted by Crippen LogP contribution is -2.52. The van der Waals surface area contributed by atoms with Crippen molar-refractivity contribution < 1.29 is 4.79 Å². The van der Waals surface area contributed by atoms with E-state index in [4.69, 9.17) is 17.3 Å². The normalized spacial score (nSPS) is 16.4. The van der Waals surface area contributed by atoms with Crippen LogP contribution < -0.4 is 5.73 Å². The number of carbonyl (C=O) groups is 1. The Hall–Kier alpha value is 0.310. The minimum absolute atomic E-state index is 0. The van der Waals surface area contributed by atoms with Gasteiger partial charge in [0.2, 0.25) is 5.91 Å². The minimum Gasteiger partial charge on any atom is -0.339 e. The Bertz CT molecular complexity index is 468. The van der Waals surface area contributed by atoms with Crippen molar-refractivity contribution in [3.8, 4) is 0 Å². The number of piperazine rings is 1. The third-order valence-corrected chi connectivity index (χ3v) is 5.50. The zero-order valence-electron chi connectivity index (χ0n) is 13.1. The average Bonchev–Trinajstić information content (AvgIpc) is 2.90. The van der Waals surface area contributed by atoms with Crippen molar-refractivity contribution in [2.75, 3.05) is 38.2 Å². The molecule has 1 aromatic rings. The van der Waals surface area contributed by atoms with Crippen LogP contribution in [-0.2, 0) is 11.3 Å². The largest absolute Gasteiger partial charge is 0.339 e. The molecular weight excluding hydrogens is 397 g/mol. The van der Waals surface area contributed by atoms with Gasteiger partial charge in [0.15, 0.2) is 0 Å². The summed E-state index contributed by atoms with van der Waals surface area (Å²) in [6.07, 6.45) is 2.79. The summed E-state index contributed by atoms with van der Waals surface area (Å²) in [6, 6.07) is 3.66. The molecule has 1 aromatic heterocycles. The van der Waals surface area contributed by atoms with Gasteiger partial charge in [-0.3, -0.25) is 9.69 Å². The van der Waals surface area contributed by atoms with Gasteiger partial charge in [-0.1, -0.05) is 11.6 Å². The van der Waals surface area contributed by atoms with Crippen LogP contribution in [0.15, 0.2) is 12.1 Å². The molecule has 0 radical (unpaired) electrons. The summed E-state index contributed by atoms with van der Waals surface area (Å²) >= 11 is 9.30. The van der Waals surface area contributed by atoms with Gasteiger partial charge in [0.1, 0.15) is 0 Å². The summed E-state index contributed by atoms with van der Waals surface area (Å²) in [6.45, 7) is 4.25. The third-order valence-electron chi connectivity index (χ3n) is 3.64. The van der Waals surface area contributed by atoms with Gasteiger partial charge >= 0.3 is 0 Å². The molecule has 2 heterocycles. The van der Waals surface area contributed by atoms with Crippen LogP contribution in [0.1, 0.15) is 11.3 Å². The molecule has 134 valence electrons. The van der Waals surface area contributed by atoms with E-state index in [-0.39, 0.29) is 36.8 Å². The van der Waals surface area contributed by atoms with Crippen LogP contribution in [0.3, 0.4) is 0 Å². The molecule has 1 atom stereocenters. The van der Waals surface area contributed by atoms with Crippen molar-refractivity contribution in [1.82, 2.24) is 9.80 Å². The summed E-state index contributed by atoms with van der Waals surface area (Å²) in [4.78, 5) is 17.8. The molecule has 0 saturated carbocycles. The molecule has 2 rings (SSSR count). The zero-order valence-corrected chi connectivity index (χ0v) is 17.1. The Morgan fingerprint density at radius 1 is 1.35 bits per heavy atom. The second-order valence-corrected chi connectivity index (χ2v) is 7.98. The van der Waals surface area contributed by atoms with Gasteiger partial charge < -0.3 is 10.6 Å². The molecule has 1 aliphatic heterocycles. The number of hydrogen-bond donors (Lipinski definition) is 1. The van der Waals surface area contributed by atoms with Crippen LogP contribution in [-0.4, -0.2) is 59.9 Å². The van der Waals surface area contributed by atoms with Gasteiger partial charge in [0.05, 0.1) is 10.4 Å². The number of halogens is 3. The summed E-state index contributed by atoms with van der Waals surface area (Å²) in [5, 5.41) is 0. The molecule has 1 unspecified atom stereocenters. The molecule has 4 nitrogen and oxygen atoms in total. The van der Waals surface area contributed by atoms with Crippen LogP contribution in [0.5, 0.6) is 0 Å². The maximum atomic E-state index is 12.2. The molecule has 0 bridgehead atoms. The number of carbonyl (C=O) groups excluding carboxylic acids is 1. The molecule has 23 heavy (non-hydrogen) atoms. The lowest BCUT2D eigenvalue weighted by atomic mass is 10.2. The Morgan fingerprint density at radius 2 is 2.00 bits per heavy atom. The van der Waals surface area contributed by atoms with Crippen LogP contribution >= 0.6 is 59.5 Å². The van der Waals surface area contributed by atoms with E-state index >= 15 is 0 Å². The fourth-order valence-corrected chi connectivity index (χ4v) is 4.01. The molecule has 2 N–H and O–H groups in total. The Morgan fingerprint density at radius 3 is 2.52 bits per heavy atom. The maximum Gasteiger partial charge on any atom is 0.239 e. The average molecular weight is 421 g/mol. The first-order valence-corrected chi connectivity index (χ1v) is 9.69. The smallest absolute Gasteiger partial charge is 0.239 e. The van der Waals surface area contributed by atoms with Gasteiger partial charge in [-0.05, 0) is 30.6 Å². The predicted octanol–water partition coefficient (Wildman–Crippen LogP) is 2.97. The fourth-order valence-electron chi connectivity index (χ4n) is 2.39. The number of hydrogen-bond acceptors (Lipinski definition) is 5. The summed E-state index contributed by atoms with van der Waals surface area (Å²) < 4.78 is 0.832. The topological polar surface area (TPSA) is 49.6 Å². The first-order valence-electron chi connectivity index (χ1n) is 7.10. The van der Waals surface area contributed by atoms with Crippen LogP contribution in [0, 0.1) is 0 Å². The summed E-state index contributed by atoms with van der Waals surface area (Å²) in [5.74, 6) is 1.04. The maximum absolute atomic E-state index is 12.2. The van der Waals surface area contributed by atoms with E-state index in [0.29, 0.717) is 0 Å². The molecular formula is C14H24Cl3N3OS2. The highest BCUT2D eigenvalue weighted by Gasteiger charge is 2.25. The van der Waals surface area contributed by atoms with Gasteiger partial charge in [-0.2, -0.15) is 11.8 Å². The first-order chi connectivity index (χ1) is 10.1. The standard InChI is InChI=1S/C14H22ClN3OS2.2ClH/c1-20-9-4-12(16)14(19)18-7-5-17(6-8-18)10-11-2-3-13(15)21-11;;/h2-3,12H,4-10,16H2,1H3;2*1H. The zero-order chi connectivity index (χ0) is 15.2. The second-order valence-electron chi connectivity index (χ2n) is 5.20. The molecule has 0 aliphatic carbocycles. The van der Waals surface area contributed by atoms with Crippen molar-refractivity contribution >= 4 is 65.4 Å². The van der Waals surface area contributed by atoms with Gasteiger partial charge in [-0.25, -0.2) is 0 Å². The SMILES string of the molecule is CSCCC(N)C(=O)N1CCN(Cc2ccc(Cl)s2)CC1.Cl.Cl. The Labute approximate surface area is 163 Å². The molecule has 1 aliphatic rings. The van der Waals surface area contributed by atoms with E-state index in [1.807, 2.05) is 17.2 Å². The van der Waals surface area contributed by atoms with E-state index in [0.717, 1.165) is 49.2 Å². The summed E-state index contributed by atoms with van der Waals surface area (Å²) in [5.41, 5.74) is 5.96.